The van der Waals surface area contributed by atoms with Crippen LogP contribution in [-0.2, 0) is 27.9 Å². The molecule has 10 heteroatoms. The molecule has 0 heterocycles. The van der Waals surface area contributed by atoms with Gasteiger partial charge >= 0.3 is 13.8 Å². The highest BCUT2D eigenvalue weighted by Crippen LogP contribution is 2.43. The zero-order valence-electron chi connectivity index (χ0n) is 48.9. The Morgan fingerprint density at radius 1 is 0.370 bits per heavy atom. The van der Waals surface area contributed by atoms with Gasteiger partial charge in [-0.05, 0) is 12.8 Å². The fraction of sp³-hybridized carbons (Fsp3) is 0.984. The van der Waals surface area contributed by atoms with Crippen LogP contribution in [0.2, 0.25) is 0 Å². The van der Waals surface area contributed by atoms with Crippen molar-refractivity contribution in [2.24, 2.45) is 0 Å². The molecule has 3 N–H and O–H groups in total. The maximum absolute atomic E-state index is 12.8. The minimum absolute atomic E-state index is 0.0592. The van der Waals surface area contributed by atoms with Crippen LogP contribution < -0.4 is 0 Å². The maximum atomic E-state index is 12.8. The predicted octanol–water partition coefficient (Wildman–Crippen LogP) is 20.1. The second kappa shape index (κ2) is 60.7. The van der Waals surface area contributed by atoms with E-state index in [1.807, 2.05) is 0 Å². The Morgan fingerprint density at radius 3 is 0.890 bits per heavy atom. The van der Waals surface area contributed by atoms with Gasteiger partial charge in [0.05, 0.1) is 26.4 Å². The number of rotatable bonds is 64. The minimum atomic E-state index is -4.52. The first-order valence-corrected chi connectivity index (χ1v) is 34.0. The Morgan fingerprint density at radius 2 is 0.616 bits per heavy atom. The second-order valence-corrected chi connectivity index (χ2v) is 24.0. The van der Waals surface area contributed by atoms with Gasteiger partial charge in [-0.15, -0.1) is 0 Å². The first-order chi connectivity index (χ1) is 35.8. The van der Waals surface area contributed by atoms with E-state index in [-0.39, 0.29) is 25.6 Å². The van der Waals surface area contributed by atoms with Gasteiger partial charge in [0.2, 0.25) is 0 Å². The quantitative estimate of drug-likeness (QED) is 0.0309. The fourth-order valence-electron chi connectivity index (χ4n) is 10.1. The number of unbranched alkanes of at least 4 members (excludes halogenated alkanes) is 50. The normalized spacial score (nSPS) is 13.4. The number of carbonyl (C=O) groups excluding carboxylic acids is 1. The summed E-state index contributed by atoms with van der Waals surface area (Å²) in [5.41, 5.74) is 0. The van der Waals surface area contributed by atoms with Crippen LogP contribution in [0, 0.1) is 0 Å². The zero-order valence-corrected chi connectivity index (χ0v) is 49.8. The molecule has 73 heavy (non-hydrogen) atoms. The highest BCUT2D eigenvalue weighted by molar-refractivity contribution is 7.47. The Bertz CT molecular complexity index is 1110. The van der Waals surface area contributed by atoms with Crippen molar-refractivity contribution in [2.45, 2.75) is 366 Å². The van der Waals surface area contributed by atoms with Crippen molar-refractivity contribution in [3.8, 4) is 0 Å². The van der Waals surface area contributed by atoms with E-state index in [1.165, 1.54) is 302 Å². The van der Waals surface area contributed by atoms with Crippen LogP contribution >= 0.6 is 7.82 Å². The summed E-state index contributed by atoms with van der Waals surface area (Å²) in [6.45, 7) is 3.63. The average Bonchev–Trinajstić information content (AvgIpc) is 3.38. The molecule has 0 aromatic rings. The molecule has 0 aromatic heterocycles. The Kier molecular flexibility index (Phi) is 60.2. The molecule has 0 saturated heterocycles. The van der Waals surface area contributed by atoms with Crippen LogP contribution in [-0.4, -0.2) is 66.3 Å². The first-order valence-electron chi connectivity index (χ1n) is 32.5. The number of hydrogen-bond acceptors (Lipinski definition) is 8. The van der Waals surface area contributed by atoms with Gasteiger partial charge in [0.1, 0.15) is 12.2 Å². The molecule has 0 rings (SSSR count). The van der Waals surface area contributed by atoms with Gasteiger partial charge in [0.15, 0.2) is 0 Å². The molecule has 0 aliphatic rings. The number of phosphoric ester groups is 1. The predicted molar refractivity (Wildman–Crippen MR) is 312 cm³/mol. The van der Waals surface area contributed by atoms with Gasteiger partial charge in [-0.1, -0.05) is 335 Å². The van der Waals surface area contributed by atoms with Crippen molar-refractivity contribution < 1.29 is 43.0 Å². The summed E-state index contributed by atoms with van der Waals surface area (Å²) in [5.74, 6) is -0.370. The third-order valence-corrected chi connectivity index (χ3v) is 16.0. The maximum Gasteiger partial charge on any atom is 0.472 e. The summed E-state index contributed by atoms with van der Waals surface area (Å²) in [4.78, 5) is 22.8. The Hall–Kier alpha value is -0.540. The topological polar surface area (TPSA) is 132 Å². The number of phosphoric acid groups is 1. The van der Waals surface area contributed by atoms with E-state index in [2.05, 4.69) is 13.8 Å². The van der Waals surface area contributed by atoms with Crippen molar-refractivity contribution in [1.82, 2.24) is 0 Å². The lowest BCUT2D eigenvalue weighted by Gasteiger charge is -2.20. The lowest BCUT2D eigenvalue weighted by atomic mass is 10.0. The number of esters is 1. The average molecular weight is 1060 g/mol. The standard InChI is InChI=1S/C63H127O9P/c1-3-5-7-9-11-13-15-17-19-21-23-24-25-26-27-28-29-30-31-32-33-34-35-36-37-38-39-41-43-45-47-49-51-53-55-63(66)72-62(60-71-73(67,68)70-58-61(65)57-64)59-69-56-54-52-50-48-46-44-42-40-22-20-18-16-14-12-10-8-6-4-2/h61-62,64-65H,3-60H2,1-2H3,(H,67,68)/t61-,62+/m0/s1. The van der Waals surface area contributed by atoms with E-state index in [0.29, 0.717) is 6.61 Å². The lowest BCUT2D eigenvalue weighted by Crippen LogP contribution is -2.29. The van der Waals surface area contributed by atoms with Crippen LogP contribution in [0.4, 0.5) is 0 Å². The first kappa shape index (κ1) is 72.5. The van der Waals surface area contributed by atoms with E-state index >= 15 is 0 Å². The monoisotopic (exact) mass is 1060 g/mol. The zero-order chi connectivity index (χ0) is 53.1. The van der Waals surface area contributed by atoms with E-state index < -0.39 is 33.2 Å². The summed E-state index contributed by atoms with van der Waals surface area (Å²) >= 11 is 0. The number of hydrogen-bond donors (Lipinski definition) is 3. The van der Waals surface area contributed by atoms with Gasteiger partial charge in [-0.25, -0.2) is 4.57 Å². The van der Waals surface area contributed by atoms with Crippen LogP contribution in [0.25, 0.3) is 0 Å². The summed E-state index contributed by atoms with van der Waals surface area (Å²) in [6.07, 6.45) is 68.4. The van der Waals surface area contributed by atoms with E-state index in [0.717, 1.165) is 32.1 Å². The largest absolute Gasteiger partial charge is 0.472 e. The molecule has 0 saturated carbocycles. The molecule has 1 unspecified atom stereocenters. The molecule has 0 bridgehead atoms. The number of carbonyl (C=O) groups is 1. The summed E-state index contributed by atoms with van der Waals surface area (Å²) in [5, 5.41) is 18.5. The summed E-state index contributed by atoms with van der Waals surface area (Å²) in [6, 6.07) is 0. The van der Waals surface area contributed by atoms with Gasteiger partial charge in [0.25, 0.3) is 0 Å². The SMILES string of the molecule is CCCCCCCCCCCCCCCCCCCCCCCCCCCCCCCCCCCCC(=O)O[C@H](COCCCCCCCCCCCCCCCCCCCC)COP(=O)(O)OC[C@@H](O)CO. The third-order valence-electron chi connectivity index (χ3n) is 15.0. The van der Waals surface area contributed by atoms with Crippen molar-refractivity contribution in [3.05, 3.63) is 0 Å². The summed E-state index contributed by atoms with van der Waals surface area (Å²) in [7, 11) is -4.52. The molecular weight excluding hydrogens is 932 g/mol. The van der Waals surface area contributed by atoms with Gasteiger partial charge in [-0.3, -0.25) is 13.8 Å². The highest BCUT2D eigenvalue weighted by Gasteiger charge is 2.26. The molecule has 0 spiro atoms. The van der Waals surface area contributed by atoms with E-state index in [4.69, 9.17) is 23.6 Å². The molecule has 438 valence electrons. The van der Waals surface area contributed by atoms with Crippen LogP contribution in [0.5, 0.6) is 0 Å². The minimum Gasteiger partial charge on any atom is -0.457 e. The Balaban J connectivity index is 3.80. The molecule has 0 amide bonds. The Labute approximate surface area is 454 Å². The van der Waals surface area contributed by atoms with Crippen molar-refractivity contribution >= 4 is 13.8 Å². The second-order valence-electron chi connectivity index (χ2n) is 22.5. The van der Waals surface area contributed by atoms with Crippen molar-refractivity contribution in [1.29, 1.82) is 0 Å². The van der Waals surface area contributed by atoms with Crippen molar-refractivity contribution in [3.63, 3.8) is 0 Å². The summed E-state index contributed by atoms with van der Waals surface area (Å²) < 4.78 is 33.7. The molecule has 0 aliphatic heterocycles. The van der Waals surface area contributed by atoms with Crippen LogP contribution in [0.15, 0.2) is 0 Å². The lowest BCUT2D eigenvalue weighted by molar-refractivity contribution is -0.154. The highest BCUT2D eigenvalue weighted by atomic mass is 31.2. The molecule has 0 aliphatic carbocycles. The van der Waals surface area contributed by atoms with Gasteiger partial charge in [-0.2, -0.15) is 0 Å². The smallest absolute Gasteiger partial charge is 0.457 e. The molecule has 0 radical (unpaired) electrons. The number of aliphatic hydroxyl groups is 2. The van der Waals surface area contributed by atoms with E-state index in [9.17, 15) is 19.4 Å². The van der Waals surface area contributed by atoms with E-state index in [1.54, 1.807) is 0 Å². The molecular formula is C63H127O9P. The van der Waals surface area contributed by atoms with Crippen molar-refractivity contribution in [2.75, 3.05) is 33.0 Å². The molecule has 0 fully saturated rings. The van der Waals surface area contributed by atoms with Gasteiger partial charge < -0.3 is 24.6 Å². The number of aliphatic hydroxyl groups excluding tert-OH is 2. The molecule has 3 atom stereocenters. The van der Waals surface area contributed by atoms with Crippen LogP contribution in [0.3, 0.4) is 0 Å². The fourth-order valence-corrected chi connectivity index (χ4v) is 10.9. The number of ether oxygens (including phenoxy) is 2. The molecule has 9 nitrogen and oxygen atoms in total. The van der Waals surface area contributed by atoms with Gasteiger partial charge in [0, 0.05) is 13.0 Å². The van der Waals surface area contributed by atoms with Crippen LogP contribution in [0.1, 0.15) is 354 Å². The third kappa shape index (κ3) is 60.5. The molecule has 0 aromatic carbocycles.